The van der Waals surface area contributed by atoms with Gasteiger partial charge in [-0.25, -0.2) is 8.42 Å². The van der Waals surface area contributed by atoms with Crippen LogP contribution in [0.4, 0.5) is 5.69 Å². The van der Waals surface area contributed by atoms with Crippen LogP contribution in [0.25, 0.3) is 0 Å². The molecule has 1 aliphatic rings. The minimum atomic E-state index is -2.83. The summed E-state index contributed by atoms with van der Waals surface area (Å²) in [7, 11) is -0.840. The largest absolute Gasteiger partial charge is 0.371 e. The molecule has 4 nitrogen and oxygen atoms in total. The van der Waals surface area contributed by atoms with E-state index < -0.39 is 9.84 Å². The Labute approximate surface area is 122 Å². The lowest BCUT2D eigenvalue weighted by Gasteiger charge is -2.26. The minimum Gasteiger partial charge on any atom is -0.371 e. The predicted molar refractivity (Wildman–Crippen MR) is 84.0 cm³/mol. The Kier molecular flexibility index (Phi) is 4.70. The molecule has 0 bridgehead atoms. The fourth-order valence-electron chi connectivity index (χ4n) is 2.65. The van der Waals surface area contributed by atoms with E-state index in [-0.39, 0.29) is 11.8 Å². The van der Waals surface area contributed by atoms with Gasteiger partial charge in [0.25, 0.3) is 0 Å². The first-order chi connectivity index (χ1) is 9.43. The summed E-state index contributed by atoms with van der Waals surface area (Å²) in [6.45, 7) is 6.04. The number of anilines is 1. The van der Waals surface area contributed by atoms with Crippen LogP contribution < -0.4 is 10.2 Å². The van der Waals surface area contributed by atoms with Crippen molar-refractivity contribution in [3.05, 3.63) is 29.3 Å². The molecule has 1 fully saturated rings. The molecule has 2 rings (SSSR count). The summed E-state index contributed by atoms with van der Waals surface area (Å²) >= 11 is 0. The average molecular weight is 296 g/mol. The molecule has 0 saturated carbocycles. The van der Waals surface area contributed by atoms with E-state index in [1.165, 1.54) is 11.1 Å². The first-order valence-electron chi connectivity index (χ1n) is 7.16. The summed E-state index contributed by atoms with van der Waals surface area (Å²) in [6, 6.07) is 6.48. The second-order valence-electron chi connectivity index (χ2n) is 5.56. The molecule has 0 aromatic heterocycles. The van der Waals surface area contributed by atoms with Gasteiger partial charge in [-0.2, -0.15) is 0 Å². The molecule has 1 saturated heterocycles. The Bertz CT molecular complexity index is 569. The van der Waals surface area contributed by atoms with Crippen LogP contribution >= 0.6 is 0 Å². The molecule has 5 heteroatoms. The van der Waals surface area contributed by atoms with Gasteiger partial charge in [-0.3, -0.25) is 0 Å². The smallest absolute Gasteiger partial charge is 0.152 e. The fourth-order valence-corrected chi connectivity index (χ4v) is 4.42. The van der Waals surface area contributed by atoms with Gasteiger partial charge < -0.3 is 10.2 Å². The van der Waals surface area contributed by atoms with Crippen molar-refractivity contribution < 1.29 is 8.42 Å². The highest BCUT2D eigenvalue weighted by Gasteiger charge is 2.30. The summed E-state index contributed by atoms with van der Waals surface area (Å²) in [5, 5.41) is 3.33. The normalized spacial score (nSPS) is 21.1. The summed E-state index contributed by atoms with van der Waals surface area (Å²) in [5.41, 5.74) is 3.64. The van der Waals surface area contributed by atoms with Crippen LogP contribution in [0.2, 0.25) is 0 Å². The summed E-state index contributed by atoms with van der Waals surface area (Å²) < 4.78 is 23.2. The SMILES string of the molecule is CCNCc1ccc(N(C)C2CCS(=O)(=O)C2)cc1C. The van der Waals surface area contributed by atoms with Crippen LogP contribution in [-0.2, 0) is 16.4 Å². The lowest BCUT2D eigenvalue weighted by atomic mass is 10.1. The van der Waals surface area contributed by atoms with Crippen molar-refractivity contribution in [3.63, 3.8) is 0 Å². The quantitative estimate of drug-likeness (QED) is 0.899. The Morgan fingerprint density at radius 1 is 1.40 bits per heavy atom. The molecule has 1 unspecified atom stereocenters. The summed E-state index contributed by atoms with van der Waals surface area (Å²) in [5.74, 6) is 0.598. The van der Waals surface area contributed by atoms with Crippen LogP contribution in [0.3, 0.4) is 0 Å². The Morgan fingerprint density at radius 3 is 2.70 bits per heavy atom. The Balaban J connectivity index is 2.11. The van der Waals surface area contributed by atoms with Gasteiger partial charge in [0.05, 0.1) is 11.5 Å². The van der Waals surface area contributed by atoms with E-state index in [0.717, 1.165) is 25.2 Å². The number of sulfone groups is 1. The third kappa shape index (κ3) is 3.52. The maximum Gasteiger partial charge on any atom is 0.152 e. The van der Waals surface area contributed by atoms with Crippen molar-refractivity contribution in [1.29, 1.82) is 0 Å². The van der Waals surface area contributed by atoms with Gasteiger partial charge in [0.15, 0.2) is 9.84 Å². The van der Waals surface area contributed by atoms with Gasteiger partial charge in [0.1, 0.15) is 0 Å². The van der Waals surface area contributed by atoms with E-state index in [1.54, 1.807) is 0 Å². The van der Waals surface area contributed by atoms with E-state index in [2.05, 4.69) is 42.3 Å². The number of nitrogens with one attached hydrogen (secondary N) is 1. The summed E-state index contributed by atoms with van der Waals surface area (Å²) in [4.78, 5) is 2.11. The maximum absolute atomic E-state index is 11.6. The van der Waals surface area contributed by atoms with Gasteiger partial charge in [-0.1, -0.05) is 13.0 Å². The second kappa shape index (κ2) is 6.14. The molecule has 1 heterocycles. The maximum atomic E-state index is 11.6. The monoisotopic (exact) mass is 296 g/mol. The highest BCUT2D eigenvalue weighted by atomic mass is 32.2. The Hall–Kier alpha value is -1.07. The lowest BCUT2D eigenvalue weighted by molar-refractivity contribution is 0.601. The number of benzene rings is 1. The van der Waals surface area contributed by atoms with Crippen LogP contribution in [-0.4, -0.2) is 39.6 Å². The topological polar surface area (TPSA) is 49.4 Å². The molecular formula is C15H24N2O2S. The number of rotatable bonds is 5. The van der Waals surface area contributed by atoms with Crippen molar-refractivity contribution in [2.45, 2.75) is 32.9 Å². The third-order valence-corrected chi connectivity index (χ3v) is 5.81. The van der Waals surface area contributed by atoms with Gasteiger partial charge in [0, 0.05) is 25.3 Å². The van der Waals surface area contributed by atoms with E-state index >= 15 is 0 Å². The standard InChI is InChI=1S/C15H24N2O2S/c1-4-16-10-13-5-6-14(9-12(13)2)17(3)15-7-8-20(18,19)11-15/h5-6,9,15-16H,4,7-8,10-11H2,1-3H3. The molecule has 112 valence electrons. The number of aryl methyl sites for hydroxylation is 1. The molecular weight excluding hydrogens is 272 g/mol. The molecule has 0 spiro atoms. The highest BCUT2D eigenvalue weighted by Crippen LogP contribution is 2.24. The van der Waals surface area contributed by atoms with Crippen molar-refractivity contribution in [3.8, 4) is 0 Å². The first kappa shape index (κ1) is 15.3. The summed E-state index contributed by atoms with van der Waals surface area (Å²) in [6.07, 6.45) is 0.733. The van der Waals surface area contributed by atoms with Crippen LogP contribution in [0.15, 0.2) is 18.2 Å². The van der Waals surface area contributed by atoms with Crippen LogP contribution in [0.5, 0.6) is 0 Å². The fraction of sp³-hybridized carbons (Fsp3) is 0.600. The van der Waals surface area contributed by atoms with Crippen molar-refractivity contribution in [1.82, 2.24) is 5.32 Å². The zero-order chi connectivity index (χ0) is 14.8. The van der Waals surface area contributed by atoms with E-state index in [0.29, 0.717) is 5.75 Å². The van der Waals surface area contributed by atoms with Gasteiger partial charge in [-0.15, -0.1) is 0 Å². The Morgan fingerprint density at radius 2 is 2.15 bits per heavy atom. The lowest BCUT2D eigenvalue weighted by Crippen LogP contribution is -2.32. The van der Waals surface area contributed by atoms with Crippen molar-refractivity contribution >= 4 is 15.5 Å². The average Bonchev–Trinajstić information content (AvgIpc) is 2.77. The van der Waals surface area contributed by atoms with Gasteiger partial charge in [-0.05, 0) is 43.1 Å². The molecule has 0 aliphatic carbocycles. The zero-order valence-corrected chi connectivity index (χ0v) is 13.3. The van der Waals surface area contributed by atoms with Crippen molar-refractivity contribution in [2.24, 2.45) is 0 Å². The third-order valence-electron chi connectivity index (χ3n) is 4.06. The highest BCUT2D eigenvalue weighted by molar-refractivity contribution is 7.91. The van der Waals surface area contributed by atoms with E-state index in [1.807, 2.05) is 7.05 Å². The molecule has 1 aromatic rings. The van der Waals surface area contributed by atoms with Crippen LogP contribution in [0, 0.1) is 6.92 Å². The molecule has 20 heavy (non-hydrogen) atoms. The number of nitrogens with zero attached hydrogens (tertiary/aromatic N) is 1. The van der Waals surface area contributed by atoms with E-state index in [4.69, 9.17) is 0 Å². The predicted octanol–water partition coefficient (Wildman–Crippen LogP) is 1.73. The molecule has 1 atom stereocenters. The number of hydrogen-bond acceptors (Lipinski definition) is 4. The molecule has 1 aliphatic heterocycles. The van der Waals surface area contributed by atoms with Gasteiger partial charge >= 0.3 is 0 Å². The molecule has 1 N–H and O–H groups in total. The zero-order valence-electron chi connectivity index (χ0n) is 12.5. The van der Waals surface area contributed by atoms with Gasteiger partial charge in [0.2, 0.25) is 0 Å². The molecule has 0 radical (unpaired) electrons. The first-order valence-corrected chi connectivity index (χ1v) is 8.98. The molecule has 1 aromatic carbocycles. The number of hydrogen-bond donors (Lipinski definition) is 1. The second-order valence-corrected chi connectivity index (χ2v) is 7.79. The van der Waals surface area contributed by atoms with E-state index in [9.17, 15) is 8.42 Å². The molecule has 0 amide bonds. The minimum absolute atomic E-state index is 0.110. The van der Waals surface area contributed by atoms with Crippen molar-refractivity contribution in [2.75, 3.05) is 30.0 Å². The van der Waals surface area contributed by atoms with Crippen LogP contribution in [0.1, 0.15) is 24.5 Å².